The first kappa shape index (κ1) is 13.7. The molecule has 1 aliphatic rings. The highest BCUT2D eigenvalue weighted by atomic mass is 32.2. The number of nitrogens with one attached hydrogen (secondary N) is 1. The third kappa shape index (κ3) is 3.87. The molecule has 0 aromatic carbocycles. The summed E-state index contributed by atoms with van der Waals surface area (Å²) in [5.74, 6) is 2.92. The molecule has 0 spiro atoms. The third-order valence-electron chi connectivity index (χ3n) is 3.30. The van der Waals surface area contributed by atoms with E-state index in [0.29, 0.717) is 0 Å². The summed E-state index contributed by atoms with van der Waals surface area (Å²) in [7, 11) is 0. The van der Waals surface area contributed by atoms with Crippen molar-refractivity contribution in [1.29, 1.82) is 0 Å². The molecule has 0 amide bonds. The first-order chi connectivity index (χ1) is 8.81. The van der Waals surface area contributed by atoms with Crippen molar-refractivity contribution in [3.63, 3.8) is 0 Å². The van der Waals surface area contributed by atoms with E-state index in [1.807, 2.05) is 11.8 Å². The van der Waals surface area contributed by atoms with Gasteiger partial charge in [0, 0.05) is 23.6 Å². The van der Waals surface area contributed by atoms with Crippen LogP contribution in [0.4, 0.5) is 5.82 Å². The Balaban J connectivity index is 1.98. The van der Waals surface area contributed by atoms with E-state index >= 15 is 0 Å². The summed E-state index contributed by atoms with van der Waals surface area (Å²) in [6.45, 7) is 5.15. The first-order valence-corrected chi connectivity index (χ1v) is 8.09. The molecule has 1 saturated carbocycles. The molecular formula is C14H23N3S. The molecule has 18 heavy (non-hydrogen) atoms. The van der Waals surface area contributed by atoms with Gasteiger partial charge in [0.05, 0.1) is 5.75 Å². The number of aromatic nitrogens is 2. The number of nitrogens with zero attached hydrogens (tertiary/aromatic N) is 2. The van der Waals surface area contributed by atoms with E-state index in [1.165, 1.54) is 25.7 Å². The summed E-state index contributed by atoms with van der Waals surface area (Å²) in [6.07, 6.45) is 6.52. The fourth-order valence-corrected chi connectivity index (χ4v) is 3.50. The number of rotatable bonds is 6. The maximum Gasteiger partial charge on any atom is 0.140 e. The SMILES string of the molecule is CCNc1cc(CC)nc(CSC2CCCC2)n1. The van der Waals surface area contributed by atoms with E-state index in [0.717, 1.165) is 41.3 Å². The number of hydrogen-bond acceptors (Lipinski definition) is 4. The lowest BCUT2D eigenvalue weighted by Gasteiger charge is -2.10. The molecule has 1 aromatic heterocycles. The van der Waals surface area contributed by atoms with Crippen LogP contribution in [0.3, 0.4) is 0 Å². The van der Waals surface area contributed by atoms with E-state index in [9.17, 15) is 0 Å². The van der Waals surface area contributed by atoms with Crippen molar-refractivity contribution in [3.8, 4) is 0 Å². The maximum absolute atomic E-state index is 4.62. The van der Waals surface area contributed by atoms with Gasteiger partial charge in [-0.05, 0) is 26.2 Å². The van der Waals surface area contributed by atoms with Crippen LogP contribution in [0.5, 0.6) is 0 Å². The molecule has 0 atom stereocenters. The molecule has 1 aliphatic carbocycles. The largest absolute Gasteiger partial charge is 0.370 e. The second kappa shape index (κ2) is 6.98. The van der Waals surface area contributed by atoms with Gasteiger partial charge in [-0.15, -0.1) is 0 Å². The van der Waals surface area contributed by atoms with Crippen LogP contribution in [0.15, 0.2) is 6.07 Å². The average molecular weight is 265 g/mol. The van der Waals surface area contributed by atoms with E-state index in [-0.39, 0.29) is 0 Å². The zero-order chi connectivity index (χ0) is 12.8. The quantitative estimate of drug-likeness (QED) is 0.852. The summed E-state index contributed by atoms with van der Waals surface area (Å²) in [5.41, 5.74) is 1.14. The van der Waals surface area contributed by atoms with E-state index in [2.05, 4.69) is 35.2 Å². The number of anilines is 1. The summed E-state index contributed by atoms with van der Waals surface area (Å²) < 4.78 is 0. The van der Waals surface area contributed by atoms with E-state index < -0.39 is 0 Å². The Morgan fingerprint density at radius 3 is 2.72 bits per heavy atom. The summed E-state index contributed by atoms with van der Waals surface area (Å²) in [5, 5.41) is 4.12. The topological polar surface area (TPSA) is 37.8 Å². The van der Waals surface area contributed by atoms with Crippen LogP contribution in [-0.4, -0.2) is 21.8 Å². The van der Waals surface area contributed by atoms with Gasteiger partial charge in [-0.25, -0.2) is 9.97 Å². The summed E-state index contributed by atoms with van der Waals surface area (Å²) in [6, 6.07) is 2.06. The Kier molecular flexibility index (Phi) is 5.29. The van der Waals surface area contributed by atoms with Crippen molar-refractivity contribution >= 4 is 17.6 Å². The van der Waals surface area contributed by atoms with Gasteiger partial charge >= 0.3 is 0 Å². The molecule has 2 rings (SSSR count). The average Bonchev–Trinajstić information content (AvgIpc) is 2.89. The monoisotopic (exact) mass is 265 g/mol. The molecule has 4 heteroatoms. The van der Waals surface area contributed by atoms with Crippen LogP contribution >= 0.6 is 11.8 Å². The standard InChI is InChI=1S/C14H23N3S/c1-3-11-9-13(15-4-2)17-14(16-11)10-18-12-7-5-6-8-12/h9,12H,3-8,10H2,1-2H3,(H,15,16,17). The zero-order valence-corrected chi connectivity index (χ0v) is 12.2. The number of aryl methyl sites for hydroxylation is 1. The molecule has 0 saturated heterocycles. The lowest BCUT2D eigenvalue weighted by atomic mass is 10.3. The predicted molar refractivity (Wildman–Crippen MR) is 79.1 cm³/mol. The van der Waals surface area contributed by atoms with Crippen molar-refractivity contribution < 1.29 is 0 Å². The van der Waals surface area contributed by atoms with Crippen LogP contribution in [0.1, 0.15) is 51.0 Å². The molecule has 0 radical (unpaired) electrons. The predicted octanol–water partition coefficient (Wildman–Crippen LogP) is 3.65. The molecule has 100 valence electrons. The van der Waals surface area contributed by atoms with Gasteiger partial charge in [-0.2, -0.15) is 11.8 Å². The van der Waals surface area contributed by atoms with Crippen molar-refractivity contribution in [3.05, 3.63) is 17.6 Å². The highest BCUT2D eigenvalue weighted by Gasteiger charge is 2.16. The number of hydrogen-bond donors (Lipinski definition) is 1. The first-order valence-electron chi connectivity index (χ1n) is 7.04. The highest BCUT2D eigenvalue weighted by Crippen LogP contribution is 2.31. The lowest BCUT2D eigenvalue weighted by molar-refractivity contribution is 0.886. The Labute approximate surface area is 114 Å². The van der Waals surface area contributed by atoms with Crippen LogP contribution in [0.2, 0.25) is 0 Å². The van der Waals surface area contributed by atoms with Crippen LogP contribution in [0.25, 0.3) is 0 Å². The zero-order valence-electron chi connectivity index (χ0n) is 11.4. The normalized spacial score (nSPS) is 16.1. The molecule has 0 bridgehead atoms. The molecule has 0 unspecified atom stereocenters. The van der Waals surface area contributed by atoms with Gasteiger partial charge in [0.2, 0.25) is 0 Å². The highest BCUT2D eigenvalue weighted by molar-refractivity contribution is 7.99. The van der Waals surface area contributed by atoms with Crippen molar-refractivity contribution in [1.82, 2.24) is 9.97 Å². The minimum absolute atomic E-state index is 0.835. The van der Waals surface area contributed by atoms with Crippen LogP contribution < -0.4 is 5.32 Å². The van der Waals surface area contributed by atoms with Crippen LogP contribution in [-0.2, 0) is 12.2 Å². The van der Waals surface area contributed by atoms with Gasteiger partial charge in [0.1, 0.15) is 11.6 Å². The maximum atomic E-state index is 4.62. The fourth-order valence-electron chi connectivity index (χ4n) is 2.32. The molecule has 1 heterocycles. The fraction of sp³-hybridized carbons (Fsp3) is 0.714. The molecule has 1 N–H and O–H groups in total. The lowest BCUT2D eigenvalue weighted by Crippen LogP contribution is -2.06. The Hall–Kier alpha value is -0.770. The Morgan fingerprint density at radius 1 is 1.28 bits per heavy atom. The molecular weight excluding hydrogens is 242 g/mol. The van der Waals surface area contributed by atoms with Crippen LogP contribution in [0, 0.1) is 0 Å². The second-order valence-corrected chi connectivity index (χ2v) is 6.05. The van der Waals surface area contributed by atoms with Crippen molar-refractivity contribution in [2.75, 3.05) is 11.9 Å². The van der Waals surface area contributed by atoms with Gasteiger partial charge < -0.3 is 5.32 Å². The molecule has 3 nitrogen and oxygen atoms in total. The van der Waals surface area contributed by atoms with Gasteiger partial charge in [-0.1, -0.05) is 19.8 Å². The smallest absolute Gasteiger partial charge is 0.140 e. The summed E-state index contributed by atoms with van der Waals surface area (Å²) in [4.78, 5) is 9.21. The van der Waals surface area contributed by atoms with E-state index in [1.54, 1.807) is 0 Å². The van der Waals surface area contributed by atoms with Crippen molar-refractivity contribution in [2.45, 2.75) is 57.0 Å². The second-order valence-electron chi connectivity index (χ2n) is 4.76. The van der Waals surface area contributed by atoms with E-state index in [4.69, 9.17) is 0 Å². The Bertz CT molecular complexity index is 375. The minimum atomic E-state index is 0.835. The Morgan fingerprint density at radius 2 is 2.06 bits per heavy atom. The van der Waals surface area contributed by atoms with Crippen molar-refractivity contribution in [2.24, 2.45) is 0 Å². The van der Waals surface area contributed by atoms with Gasteiger partial charge in [0.25, 0.3) is 0 Å². The minimum Gasteiger partial charge on any atom is -0.370 e. The third-order valence-corrected chi connectivity index (χ3v) is 4.66. The molecule has 1 fully saturated rings. The number of thioether (sulfide) groups is 1. The molecule has 0 aliphatic heterocycles. The van der Waals surface area contributed by atoms with Gasteiger partial charge in [-0.3, -0.25) is 0 Å². The van der Waals surface area contributed by atoms with Gasteiger partial charge in [0.15, 0.2) is 0 Å². The molecule has 1 aromatic rings. The summed E-state index contributed by atoms with van der Waals surface area (Å²) >= 11 is 2.03.